The van der Waals surface area contributed by atoms with Crippen LogP contribution in [0.25, 0.3) is 0 Å². The molecule has 3 rings (SSSR count). The summed E-state index contributed by atoms with van der Waals surface area (Å²) in [6.07, 6.45) is 1.46. The van der Waals surface area contributed by atoms with Gasteiger partial charge in [0.1, 0.15) is 5.75 Å². The van der Waals surface area contributed by atoms with E-state index in [0.717, 1.165) is 18.5 Å². The van der Waals surface area contributed by atoms with Crippen molar-refractivity contribution < 1.29 is 18.3 Å². The van der Waals surface area contributed by atoms with Crippen molar-refractivity contribution in [2.24, 2.45) is 0 Å². The predicted octanol–water partition coefficient (Wildman–Crippen LogP) is 6.62. The first-order chi connectivity index (χ1) is 15.5. The zero-order chi connectivity index (χ0) is 22.8. The Kier molecular flexibility index (Phi) is 8.37. The second-order valence-electron chi connectivity index (χ2n) is 7.81. The number of anilines is 1. The van der Waals surface area contributed by atoms with Gasteiger partial charge in [-0.25, -0.2) is 8.78 Å². The molecule has 0 spiro atoms. The van der Waals surface area contributed by atoms with Gasteiger partial charge in [0.05, 0.1) is 6.61 Å². The summed E-state index contributed by atoms with van der Waals surface area (Å²) in [4.78, 5) is 13.8. The van der Waals surface area contributed by atoms with Crippen LogP contribution in [0.2, 0.25) is 0 Å². The van der Waals surface area contributed by atoms with Crippen molar-refractivity contribution in [3.63, 3.8) is 0 Å². The number of hydrogen-bond donors (Lipinski definition) is 0. The molecular formula is C27H29F2NO2. The third kappa shape index (κ3) is 6.91. The molecular weight excluding hydrogens is 408 g/mol. The maximum absolute atomic E-state index is 14.7. The molecule has 0 aliphatic carbocycles. The number of amides is 1. The van der Waals surface area contributed by atoms with Crippen molar-refractivity contribution in [2.75, 3.05) is 18.6 Å². The first-order valence-electron chi connectivity index (χ1n) is 10.9. The molecule has 0 aliphatic heterocycles. The summed E-state index contributed by atoms with van der Waals surface area (Å²) in [5.74, 6) is -2.76. The van der Waals surface area contributed by atoms with E-state index in [1.54, 1.807) is 19.2 Å². The van der Waals surface area contributed by atoms with Crippen LogP contribution in [-0.2, 0) is 17.1 Å². The minimum atomic E-state index is -3.02. The number of carbonyl (C=O) groups excluding carboxylic acids is 1. The van der Waals surface area contributed by atoms with Crippen LogP contribution >= 0.6 is 0 Å². The normalized spacial score (nSPS) is 11.2. The number of nitrogens with zero attached hydrogens (tertiary/aromatic N) is 1. The van der Waals surface area contributed by atoms with Crippen LogP contribution in [0.4, 0.5) is 14.5 Å². The molecule has 0 aliphatic rings. The van der Waals surface area contributed by atoms with Crippen LogP contribution in [0.15, 0.2) is 84.9 Å². The fourth-order valence-electron chi connectivity index (χ4n) is 3.49. The van der Waals surface area contributed by atoms with Gasteiger partial charge in [0.15, 0.2) is 0 Å². The van der Waals surface area contributed by atoms with Gasteiger partial charge in [-0.1, -0.05) is 60.7 Å². The number of halogens is 2. The van der Waals surface area contributed by atoms with E-state index in [1.807, 2.05) is 48.5 Å². The summed E-state index contributed by atoms with van der Waals surface area (Å²) < 4.78 is 35.2. The molecule has 0 atom stereocenters. The van der Waals surface area contributed by atoms with E-state index in [4.69, 9.17) is 4.74 Å². The number of benzene rings is 3. The summed E-state index contributed by atoms with van der Waals surface area (Å²) in [6, 6.07) is 25.4. The summed E-state index contributed by atoms with van der Waals surface area (Å²) in [6.45, 7) is 0.463. The minimum absolute atomic E-state index is 0.0661. The van der Waals surface area contributed by atoms with E-state index in [9.17, 15) is 13.6 Å². The molecule has 0 radical (unpaired) electrons. The second-order valence-corrected chi connectivity index (χ2v) is 7.81. The molecule has 3 aromatic rings. The lowest BCUT2D eigenvalue weighted by atomic mass is 10.0. The Bertz CT molecular complexity index is 977. The molecule has 0 N–H and O–H groups in total. The van der Waals surface area contributed by atoms with Crippen molar-refractivity contribution in [3.05, 3.63) is 96.1 Å². The van der Waals surface area contributed by atoms with Gasteiger partial charge in [0, 0.05) is 31.1 Å². The molecule has 0 saturated carbocycles. The summed E-state index contributed by atoms with van der Waals surface area (Å²) in [5.41, 5.74) is 1.90. The molecule has 32 heavy (non-hydrogen) atoms. The Morgan fingerprint density at radius 1 is 0.906 bits per heavy atom. The monoisotopic (exact) mass is 437 g/mol. The van der Waals surface area contributed by atoms with Gasteiger partial charge < -0.3 is 9.64 Å². The average Bonchev–Trinajstić information content (AvgIpc) is 2.82. The van der Waals surface area contributed by atoms with Gasteiger partial charge in [-0.15, -0.1) is 0 Å². The standard InChI is InChI=1S/C27H29F2NO2/c1-30(24-15-6-3-7-16-24)26(31)18-9-19-27(28,29)23-14-8-17-25(21-23)32-20-10-13-22-11-4-2-5-12-22/h2-8,11-12,14-17,21H,9-10,13,18-20H2,1H3. The van der Waals surface area contributed by atoms with E-state index < -0.39 is 12.3 Å². The largest absolute Gasteiger partial charge is 0.494 e. The van der Waals surface area contributed by atoms with E-state index in [-0.39, 0.29) is 24.3 Å². The van der Waals surface area contributed by atoms with Crippen LogP contribution in [0, 0.1) is 0 Å². The van der Waals surface area contributed by atoms with Crippen molar-refractivity contribution in [3.8, 4) is 5.75 Å². The number of para-hydroxylation sites is 1. The highest BCUT2D eigenvalue weighted by Gasteiger charge is 2.31. The highest BCUT2D eigenvalue weighted by atomic mass is 19.3. The fraction of sp³-hybridized carbons (Fsp3) is 0.296. The zero-order valence-corrected chi connectivity index (χ0v) is 18.3. The number of hydrogen-bond acceptors (Lipinski definition) is 2. The fourth-order valence-corrected chi connectivity index (χ4v) is 3.49. The van der Waals surface area contributed by atoms with Gasteiger partial charge in [-0.2, -0.15) is 0 Å². The Labute approximate surface area is 188 Å². The summed E-state index contributed by atoms with van der Waals surface area (Å²) in [5, 5.41) is 0. The molecule has 3 aromatic carbocycles. The lowest BCUT2D eigenvalue weighted by molar-refractivity contribution is -0.118. The SMILES string of the molecule is CN(C(=O)CCCC(F)(F)c1cccc(OCCCc2ccccc2)c1)c1ccccc1. The van der Waals surface area contributed by atoms with Crippen LogP contribution < -0.4 is 9.64 Å². The van der Waals surface area contributed by atoms with Gasteiger partial charge in [0.2, 0.25) is 5.91 Å². The third-order valence-corrected chi connectivity index (χ3v) is 5.38. The molecule has 0 saturated heterocycles. The third-order valence-electron chi connectivity index (χ3n) is 5.38. The molecule has 0 unspecified atom stereocenters. The lowest BCUT2D eigenvalue weighted by Gasteiger charge is -2.20. The molecule has 1 amide bonds. The maximum atomic E-state index is 14.7. The molecule has 0 fully saturated rings. The first kappa shape index (κ1) is 23.5. The number of alkyl halides is 2. The van der Waals surface area contributed by atoms with Gasteiger partial charge in [0.25, 0.3) is 5.92 Å². The van der Waals surface area contributed by atoms with E-state index in [0.29, 0.717) is 12.4 Å². The minimum Gasteiger partial charge on any atom is -0.494 e. The average molecular weight is 438 g/mol. The van der Waals surface area contributed by atoms with Crippen molar-refractivity contribution in [2.45, 2.75) is 38.0 Å². The number of rotatable bonds is 11. The van der Waals surface area contributed by atoms with Crippen LogP contribution in [0.3, 0.4) is 0 Å². The first-order valence-corrected chi connectivity index (χ1v) is 10.9. The second kappa shape index (κ2) is 11.4. The Morgan fingerprint density at radius 3 is 2.31 bits per heavy atom. The lowest BCUT2D eigenvalue weighted by Crippen LogP contribution is -2.26. The molecule has 0 aromatic heterocycles. The number of ether oxygens (including phenoxy) is 1. The summed E-state index contributed by atoms with van der Waals surface area (Å²) in [7, 11) is 1.66. The van der Waals surface area contributed by atoms with Gasteiger partial charge in [-0.3, -0.25) is 4.79 Å². The molecule has 5 heteroatoms. The van der Waals surface area contributed by atoms with Crippen molar-refractivity contribution in [1.29, 1.82) is 0 Å². The molecule has 168 valence electrons. The van der Waals surface area contributed by atoms with Crippen LogP contribution in [-0.4, -0.2) is 19.6 Å². The molecule has 0 bridgehead atoms. The molecule has 0 heterocycles. The van der Waals surface area contributed by atoms with Gasteiger partial charge in [-0.05, 0) is 49.1 Å². The topological polar surface area (TPSA) is 29.5 Å². The van der Waals surface area contributed by atoms with Gasteiger partial charge >= 0.3 is 0 Å². The summed E-state index contributed by atoms with van der Waals surface area (Å²) >= 11 is 0. The van der Waals surface area contributed by atoms with E-state index in [2.05, 4.69) is 12.1 Å². The zero-order valence-electron chi connectivity index (χ0n) is 18.3. The highest BCUT2D eigenvalue weighted by molar-refractivity contribution is 5.92. The van der Waals surface area contributed by atoms with Crippen molar-refractivity contribution >= 4 is 11.6 Å². The Morgan fingerprint density at radius 2 is 1.59 bits per heavy atom. The Hall–Kier alpha value is -3.21. The number of carbonyl (C=O) groups is 1. The van der Waals surface area contributed by atoms with Crippen LogP contribution in [0.5, 0.6) is 5.75 Å². The predicted molar refractivity (Wildman–Crippen MR) is 124 cm³/mol. The quantitative estimate of drug-likeness (QED) is 0.315. The van der Waals surface area contributed by atoms with Crippen LogP contribution in [0.1, 0.15) is 36.8 Å². The smallest absolute Gasteiger partial charge is 0.273 e. The Balaban J connectivity index is 1.46. The number of aryl methyl sites for hydroxylation is 1. The highest BCUT2D eigenvalue weighted by Crippen LogP contribution is 2.35. The molecule has 3 nitrogen and oxygen atoms in total. The van der Waals surface area contributed by atoms with E-state index >= 15 is 0 Å². The van der Waals surface area contributed by atoms with E-state index in [1.165, 1.54) is 22.6 Å². The maximum Gasteiger partial charge on any atom is 0.273 e. The van der Waals surface area contributed by atoms with Crippen molar-refractivity contribution in [1.82, 2.24) is 0 Å².